The second kappa shape index (κ2) is 11.1. The van der Waals surface area contributed by atoms with Crippen LogP contribution in [-0.4, -0.2) is 21.6 Å². The Labute approximate surface area is 213 Å². The van der Waals surface area contributed by atoms with Crippen LogP contribution >= 0.6 is 0 Å². The number of anilines is 2. The lowest BCUT2D eigenvalue weighted by atomic mass is 10.2. The summed E-state index contributed by atoms with van der Waals surface area (Å²) in [5.74, 6) is -0.279. The number of carbonyl (C=O) groups excluding carboxylic acids is 1. The van der Waals surface area contributed by atoms with E-state index >= 15 is 0 Å². The Morgan fingerprint density at radius 2 is 1.59 bits per heavy atom. The molecule has 1 amide bonds. The highest BCUT2D eigenvalue weighted by molar-refractivity contribution is 5.98. The summed E-state index contributed by atoms with van der Waals surface area (Å²) >= 11 is 0. The minimum atomic E-state index is -1.01. The molecule has 0 unspecified atom stereocenters. The Bertz CT molecular complexity index is 1540. The number of aromatic nitrogens is 2. The number of nitrogens with zero attached hydrogens (tertiary/aromatic N) is 3. The third-order valence-electron chi connectivity index (χ3n) is 5.76. The first-order valence-electron chi connectivity index (χ1n) is 11.6. The maximum atomic E-state index is 13.7. The van der Waals surface area contributed by atoms with Crippen molar-refractivity contribution >= 4 is 17.4 Å². The summed E-state index contributed by atoms with van der Waals surface area (Å²) < 4.78 is 7.05. The largest absolute Gasteiger partial charge is 0.481 e. The van der Waals surface area contributed by atoms with E-state index in [1.54, 1.807) is 31.2 Å². The van der Waals surface area contributed by atoms with Crippen LogP contribution < -0.4 is 26.6 Å². The Hall–Kier alpha value is -5.10. The van der Waals surface area contributed by atoms with Crippen molar-refractivity contribution < 1.29 is 9.53 Å². The zero-order chi connectivity index (χ0) is 26.4. The van der Waals surface area contributed by atoms with Gasteiger partial charge in [0.25, 0.3) is 11.5 Å². The highest BCUT2D eigenvalue weighted by Gasteiger charge is 2.29. The van der Waals surface area contributed by atoms with Crippen LogP contribution in [0.15, 0.2) is 94.5 Å². The smallest absolute Gasteiger partial charge is 0.330 e. The highest BCUT2D eigenvalue weighted by atomic mass is 16.5. The average molecular weight is 496 g/mol. The molecule has 0 saturated carbocycles. The fraction of sp³-hybridized carbons (Fsp3) is 0.143. The van der Waals surface area contributed by atoms with E-state index in [0.29, 0.717) is 11.3 Å². The molecule has 1 heterocycles. The predicted octanol–water partition coefficient (Wildman–Crippen LogP) is 3.04. The van der Waals surface area contributed by atoms with Crippen LogP contribution in [0.5, 0.6) is 5.75 Å². The van der Waals surface area contributed by atoms with Gasteiger partial charge in [-0.3, -0.25) is 24.0 Å². The lowest BCUT2D eigenvalue weighted by Crippen LogP contribution is -2.45. The van der Waals surface area contributed by atoms with Gasteiger partial charge in [0.2, 0.25) is 0 Å². The first-order chi connectivity index (χ1) is 17.9. The maximum absolute atomic E-state index is 13.7. The van der Waals surface area contributed by atoms with Gasteiger partial charge in [-0.15, -0.1) is 0 Å². The molecule has 9 nitrogen and oxygen atoms in total. The highest BCUT2D eigenvalue weighted by Crippen LogP contribution is 2.23. The van der Waals surface area contributed by atoms with Crippen molar-refractivity contribution in [1.82, 2.24) is 9.55 Å². The third kappa shape index (κ3) is 5.77. The number of nitrogen functional groups attached to an aromatic ring is 1. The number of H-pyrrole nitrogens is 1. The molecule has 0 saturated heterocycles. The zero-order valence-corrected chi connectivity index (χ0v) is 20.1. The van der Waals surface area contributed by atoms with Crippen LogP contribution in [0.4, 0.5) is 11.5 Å². The Morgan fingerprint density at radius 3 is 2.19 bits per heavy atom. The molecular weight excluding hydrogens is 470 g/mol. The molecule has 0 radical (unpaired) electrons. The number of aromatic amines is 1. The summed E-state index contributed by atoms with van der Waals surface area (Å²) in [4.78, 5) is 42.9. The first kappa shape index (κ1) is 25.0. The van der Waals surface area contributed by atoms with Crippen LogP contribution in [0.25, 0.3) is 0 Å². The molecule has 3 aromatic carbocycles. The van der Waals surface area contributed by atoms with Crippen molar-refractivity contribution in [2.45, 2.75) is 26.1 Å². The molecule has 0 aliphatic rings. The van der Waals surface area contributed by atoms with E-state index in [0.717, 1.165) is 11.1 Å². The van der Waals surface area contributed by atoms with Crippen molar-refractivity contribution in [3.63, 3.8) is 0 Å². The van der Waals surface area contributed by atoms with Crippen molar-refractivity contribution in [1.29, 1.82) is 5.26 Å². The van der Waals surface area contributed by atoms with Gasteiger partial charge in [0.15, 0.2) is 11.8 Å². The number of amides is 1. The average Bonchev–Trinajstić information content (AvgIpc) is 2.91. The lowest BCUT2D eigenvalue weighted by Gasteiger charge is -2.27. The molecule has 9 heteroatoms. The van der Waals surface area contributed by atoms with E-state index in [-0.39, 0.29) is 24.6 Å². The van der Waals surface area contributed by atoms with E-state index in [2.05, 4.69) is 4.98 Å². The van der Waals surface area contributed by atoms with Crippen molar-refractivity contribution in [3.8, 4) is 11.8 Å². The van der Waals surface area contributed by atoms with Crippen LogP contribution in [0.2, 0.25) is 0 Å². The van der Waals surface area contributed by atoms with Crippen molar-refractivity contribution in [2.75, 3.05) is 10.6 Å². The molecule has 0 aliphatic heterocycles. The topological polar surface area (TPSA) is 134 Å². The van der Waals surface area contributed by atoms with Crippen LogP contribution in [0.1, 0.15) is 23.6 Å². The zero-order valence-electron chi connectivity index (χ0n) is 20.1. The second-order valence-corrected chi connectivity index (χ2v) is 8.37. The summed E-state index contributed by atoms with van der Waals surface area (Å²) in [5, 5.41) is 9.00. The van der Waals surface area contributed by atoms with E-state index in [4.69, 9.17) is 15.7 Å². The Kier molecular flexibility index (Phi) is 7.50. The first-order valence-corrected chi connectivity index (χ1v) is 11.6. The standard InChI is InChI=1S/C28H25N5O4/c1-19(37-23-14-12-20(16-29)13-15-23)27(35)32(17-21-8-4-2-5-9-21)24-25(30)33(28(36)31-26(24)34)18-22-10-6-3-7-11-22/h2-15,19H,17-18,30H2,1H3,(H,31,34,36)/t19-/m1/s1. The molecule has 0 fully saturated rings. The molecule has 0 bridgehead atoms. The number of hydrogen-bond donors (Lipinski definition) is 2. The molecule has 186 valence electrons. The van der Waals surface area contributed by atoms with Gasteiger partial charge in [0.05, 0.1) is 24.7 Å². The van der Waals surface area contributed by atoms with Gasteiger partial charge < -0.3 is 10.5 Å². The van der Waals surface area contributed by atoms with Gasteiger partial charge in [-0.25, -0.2) is 4.79 Å². The maximum Gasteiger partial charge on any atom is 0.330 e. The van der Waals surface area contributed by atoms with Crippen LogP contribution in [0.3, 0.4) is 0 Å². The summed E-state index contributed by atoms with van der Waals surface area (Å²) in [6.45, 7) is 1.69. The van der Waals surface area contributed by atoms with E-state index in [1.807, 2.05) is 66.7 Å². The number of nitriles is 1. The molecule has 3 N–H and O–H groups in total. The monoisotopic (exact) mass is 495 g/mol. The van der Waals surface area contributed by atoms with Gasteiger partial charge >= 0.3 is 5.69 Å². The minimum absolute atomic E-state index is 0.0254. The molecule has 1 atom stereocenters. The predicted molar refractivity (Wildman–Crippen MR) is 140 cm³/mol. The molecule has 37 heavy (non-hydrogen) atoms. The minimum Gasteiger partial charge on any atom is -0.481 e. The molecule has 0 spiro atoms. The molecule has 1 aromatic heterocycles. The van der Waals surface area contributed by atoms with E-state index in [1.165, 1.54) is 9.47 Å². The SMILES string of the molecule is C[C@@H](Oc1ccc(C#N)cc1)C(=O)N(Cc1ccccc1)c1c(N)n(Cc2ccccc2)c(=O)[nH]c1=O. The van der Waals surface area contributed by atoms with E-state index in [9.17, 15) is 14.4 Å². The van der Waals surface area contributed by atoms with E-state index < -0.39 is 23.3 Å². The molecule has 4 rings (SSSR count). The third-order valence-corrected chi connectivity index (χ3v) is 5.76. The molecule has 0 aliphatic carbocycles. The number of carbonyl (C=O) groups is 1. The van der Waals surface area contributed by atoms with Gasteiger partial charge in [-0.05, 0) is 42.3 Å². The molecular formula is C28H25N5O4. The number of hydrogen-bond acceptors (Lipinski definition) is 6. The normalized spacial score (nSPS) is 11.4. The van der Waals surface area contributed by atoms with Crippen molar-refractivity contribution in [2.24, 2.45) is 0 Å². The fourth-order valence-electron chi connectivity index (χ4n) is 3.88. The number of nitrogens with one attached hydrogen (secondary N) is 1. The van der Waals surface area contributed by atoms with Crippen LogP contribution in [0, 0.1) is 11.3 Å². The summed E-state index contributed by atoms with van der Waals surface area (Å²) in [5.41, 5.74) is 6.80. The number of benzene rings is 3. The number of nitrogens with two attached hydrogens (primary N) is 1. The Morgan fingerprint density at radius 1 is 1.00 bits per heavy atom. The summed E-state index contributed by atoms with van der Waals surface area (Å²) in [6.07, 6.45) is -1.01. The fourth-order valence-corrected chi connectivity index (χ4v) is 3.88. The van der Waals surface area contributed by atoms with Crippen molar-refractivity contribution in [3.05, 3.63) is 122 Å². The lowest BCUT2D eigenvalue weighted by molar-refractivity contribution is -0.124. The van der Waals surface area contributed by atoms with Gasteiger partial charge in [-0.2, -0.15) is 5.26 Å². The van der Waals surface area contributed by atoms with Gasteiger partial charge in [0, 0.05) is 0 Å². The second-order valence-electron chi connectivity index (χ2n) is 8.37. The summed E-state index contributed by atoms with van der Waals surface area (Å²) in [6, 6.07) is 26.6. The van der Waals surface area contributed by atoms with Gasteiger partial charge in [0.1, 0.15) is 11.6 Å². The summed E-state index contributed by atoms with van der Waals surface area (Å²) in [7, 11) is 0. The number of rotatable bonds is 8. The van der Waals surface area contributed by atoms with Gasteiger partial charge in [-0.1, -0.05) is 60.7 Å². The number of ether oxygens (including phenoxy) is 1. The van der Waals surface area contributed by atoms with Crippen LogP contribution in [-0.2, 0) is 17.9 Å². The quantitative estimate of drug-likeness (QED) is 0.386. The molecule has 4 aromatic rings. The Balaban J connectivity index is 1.74.